The Morgan fingerprint density at radius 3 is 2.85 bits per heavy atom. The summed E-state index contributed by atoms with van der Waals surface area (Å²) in [5.41, 5.74) is 0. The van der Waals surface area contributed by atoms with Gasteiger partial charge in [-0.05, 0) is 25.0 Å². The number of carboxylic acids is 1. The van der Waals surface area contributed by atoms with Crippen LogP contribution in [-0.4, -0.2) is 42.4 Å². The van der Waals surface area contributed by atoms with Crippen molar-refractivity contribution in [3.63, 3.8) is 0 Å². The molecule has 0 saturated carbocycles. The lowest BCUT2D eigenvalue weighted by atomic mass is 10.2. The van der Waals surface area contributed by atoms with Crippen molar-refractivity contribution < 1.29 is 23.8 Å². The Morgan fingerprint density at radius 2 is 2.20 bits per heavy atom. The van der Waals surface area contributed by atoms with E-state index in [1.807, 2.05) is 6.07 Å². The summed E-state index contributed by atoms with van der Waals surface area (Å²) in [6.07, 6.45) is 2.37. The van der Waals surface area contributed by atoms with Gasteiger partial charge >= 0.3 is 12.0 Å². The minimum absolute atomic E-state index is 0.230. The van der Waals surface area contributed by atoms with E-state index in [4.69, 9.17) is 14.3 Å². The molecule has 2 rings (SSSR count). The first kappa shape index (κ1) is 14.4. The number of nitrogens with one attached hydrogen (secondary N) is 2. The zero-order valence-corrected chi connectivity index (χ0v) is 11.0. The number of rotatable bonds is 6. The minimum Gasteiger partial charge on any atom is -0.479 e. The van der Waals surface area contributed by atoms with Gasteiger partial charge in [0.2, 0.25) is 0 Å². The third kappa shape index (κ3) is 4.27. The highest BCUT2D eigenvalue weighted by Crippen LogP contribution is 2.19. The number of carbonyl (C=O) groups excluding carboxylic acids is 1. The molecule has 0 bridgehead atoms. The van der Waals surface area contributed by atoms with Crippen LogP contribution in [0.1, 0.15) is 18.6 Å². The predicted molar refractivity (Wildman–Crippen MR) is 69.3 cm³/mol. The monoisotopic (exact) mass is 282 g/mol. The van der Waals surface area contributed by atoms with Crippen molar-refractivity contribution >= 4 is 12.0 Å². The maximum absolute atomic E-state index is 11.5. The summed E-state index contributed by atoms with van der Waals surface area (Å²) in [5.74, 6) is -0.135. The van der Waals surface area contributed by atoms with Gasteiger partial charge < -0.3 is 24.9 Å². The Morgan fingerprint density at radius 1 is 1.35 bits per heavy atom. The first-order valence-electron chi connectivity index (χ1n) is 6.57. The maximum atomic E-state index is 11.5. The van der Waals surface area contributed by atoms with E-state index in [1.54, 1.807) is 12.3 Å². The van der Waals surface area contributed by atoms with E-state index in [0.29, 0.717) is 32.4 Å². The average Bonchev–Trinajstić information content (AvgIpc) is 3.07. The highest BCUT2D eigenvalue weighted by molar-refractivity contribution is 5.74. The summed E-state index contributed by atoms with van der Waals surface area (Å²) in [6, 6.07) is 3.35. The molecule has 2 heterocycles. The van der Waals surface area contributed by atoms with Crippen molar-refractivity contribution in [3.8, 4) is 0 Å². The molecule has 1 aromatic rings. The van der Waals surface area contributed by atoms with E-state index in [-0.39, 0.29) is 12.1 Å². The van der Waals surface area contributed by atoms with Crippen LogP contribution >= 0.6 is 0 Å². The molecule has 2 unspecified atom stereocenters. The number of amides is 2. The smallest absolute Gasteiger partial charge is 0.332 e. The molecule has 0 spiro atoms. The number of ether oxygens (including phenoxy) is 1. The highest BCUT2D eigenvalue weighted by Gasteiger charge is 2.30. The van der Waals surface area contributed by atoms with Gasteiger partial charge in [0, 0.05) is 19.5 Å². The standard InChI is InChI=1S/C13H18N2O5/c16-12(17)11-4-3-10(20-11)8-15-13(18)14-6-5-9-2-1-7-19-9/h1-2,7,10-11H,3-6,8H2,(H,16,17)(H2,14,15,18). The number of furan rings is 1. The van der Waals surface area contributed by atoms with Gasteiger partial charge in [0.25, 0.3) is 0 Å². The topological polar surface area (TPSA) is 101 Å². The van der Waals surface area contributed by atoms with Crippen LogP contribution in [0.4, 0.5) is 4.79 Å². The van der Waals surface area contributed by atoms with E-state index in [1.165, 1.54) is 0 Å². The van der Waals surface area contributed by atoms with E-state index in [0.717, 1.165) is 5.76 Å². The molecule has 1 aliphatic rings. The fourth-order valence-corrected chi connectivity index (χ4v) is 2.06. The van der Waals surface area contributed by atoms with Crippen molar-refractivity contribution in [2.24, 2.45) is 0 Å². The van der Waals surface area contributed by atoms with E-state index in [2.05, 4.69) is 10.6 Å². The zero-order valence-electron chi connectivity index (χ0n) is 11.0. The largest absolute Gasteiger partial charge is 0.479 e. The molecule has 2 amide bonds. The highest BCUT2D eigenvalue weighted by atomic mass is 16.5. The first-order valence-corrected chi connectivity index (χ1v) is 6.57. The molecular formula is C13H18N2O5. The number of hydrogen-bond acceptors (Lipinski definition) is 4. The lowest BCUT2D eigenvalue weighted by molar-refractivity contribution is -0.149. The Hall–Kier alpha value is -2.02. The van der Waals surface area contributed by atoms with Gasteiger partial charge in [-0.1, -0.05) is 0 Å². The maximum Gasteiger partial charge on any atom is 0.332 e. The quantitative estimate of drug-likeness (QED) is 0.715. The molecule has 1 aromatic heterocycles. The Balaban J connectivity index is 1.57. The van der Waals surface area contributed by atoms with Crippen LogP contribution in [0.2, 0.25) is 0 Å². The lowest BCUT2D eigenvalue weighted by Crippen LogP contribution is -2.40. The SMILES string of the molecule is O=C(NCCc1ccco1)NCC1CCC(C(=O)O)O1. The molecule has 7 nitrogen and oxygen atoms in total. The van der Waals surface area contributed by atoms with Crippen LogP contribution in [0, 0.1) is 0 Å². The minimum atomic E-state index is -0.949. The molecule has 1 saturated heterocycles. The number of carbonyl (C=O) groups is 2. The third-order valence-corrected chi connectivity index (χ3v) is 3.11. The van der Waals surface area contributed by atoms with Gasteiger partial charge in [0.1, 0.15) is 5.76 Å². The van der Waals surface area contributed by atoms with Gasteiger partial charge in [0.15, 0.2) is 6.10 Å². The second-order valence-electron chi connectivity index (χ2n) is 4.63. The fraction of sp³-hybridized carbons (Fsp3) is 0.538. The number of hydrogen-bond donors (Lipinski definition) is 3. The van der Waals surface area contributed by atoms with Crippen LogP contribution < -0.4 is 10.6 Å². The van der Waals surface area contributed by atoms with Gasteiger partial charge in [-0.25, -0.2) is 9.59 Å². The van der Waals surface area contributed by atoms with E-state index >= 15 is 0 Å². The van der Waals surface area contributed by atoms with Gasteiger partial charge in [0.05, 0.1) is 12.4 Å². The van der Waals surface area contributed by atoms with Gasteiger partial charge in [-0.15, -0.1) is 0 Å². The second-order valence-corrected chi connectivity index (χ2v) is 4.63. The van der Waals surface area contributed by atoms with Crippen molar-refractivity contribution in [2.75, 3.05) is 13.1 Å². The third-order valence-electron chi connectivity index (χ3n) is 3.11. The normalized spacial score (nSPS) is 21.6. The molecule has 1 fully saturated rings. The summed E-state index contributed by atoms with van der Waals surface area (Å²) in [7, 11) is 0. The van der Waals surface area contributed by atoms with Crippen molar-refractivity contribution in [1.82, 2.24) is 10.6 Å². The number of urea groups is 1. The molecule has 3 N–H and O–H groups in total. The summed E-state index contributed by atoms with van der Waals surface area (Å²) in [6.45, 7) is 0.791. The number of carboxylic acid groups (broad SMARTS) is 1. The van der Waals surface area contributed by atoms with Crippen LogP contribution in [-0.2, 0) is 16.0 Å². The van der Waals surface area contributed by atoms with E-state index in [9.17, 15) is 9.59 Å². The molecular weight excluding hydrogens is 264 g/mol. The summed E-state index contributed by atoms with van der Waals surface area (Å²) < 4.78 is 10.4. The van der Waals surface area contributed by atoms with Crippen LogP contribution in [0.5, 0.6) is 0 Å². The van der Waals surface area contributed by atoms with Gasteiger partial charge in [-0.2, -0.15) is 0 Å². The molecule has 110 valence electrons. The average molecular weight is 282 g/mol. The fourth-order valence-electron chi connectivity index (χ4n) is 2.06. The Bertz CT molecular complexity index is 446. The van der Waals surface area contributed by atoms with Crippen LogP contribution in [0.15, 0.2) is 22.8 Å². The second kappa shape index (κ2) is 6.95. The molecule has 20 heavy (non-hydrogen) atoms. The van der Waals surface area contributed by atoms with Crippen molar-refractivity contribution in [3.05, 3.63) is 24.2 Å². The Kier molecular flexibility index (Phi) is 5.00. The molecule has 1 aliphatic heterocycles. The van der Waals surface area contributed by atoms with Crippen LogP contribution in [0.25, 0.3) is 0 Å². The summed E-state index contributed by atoms with van der Waals surface area (Å²) in [5, 5.41) is 14.1. The molecule has 7 heteroatoms. The molecule has 2 atom stereocenters. The summed E-state index contributed by atoms with van der Waals surface area (Å²) >= 11 is 0. The van der Waals surface area contributed by atoms with Crippen molar-refractivity contribution in [2.45, 2.75) is 31.5 Å². The molecule has 0 radical (unpaired) electrons. The first-order chi connectivity index (χ1) is 9.65. The lowest BCUT2D eigenvalue weighted by Gasteiger charge is -2.12. The predicted octanol–water partition coefficient (Wildman–Crippen LogP) is 0.754. The summed E-state index contributed by atoms with van der Waals surface area (Å²) in [4.78, 5) is 22.2. The molecule has 0 aliphatic carbocycles. The van der Waals surface area contributed by atoms with Crippen molar-refractivity contribution in [1.29, 1.82) is 0 Å². The Labute approximate surface area is 116 Å². The van der Waals surface area contributed by atoms with Gasteiger partial charge in [-0.3, -0.25) is 0 Å². The van der Waals surface area contributed by atoms with Crippen LogP contribution in [0.3, 0.4) is 0 Å². The van der Waals surface area contributed by atoms with E-state index < -0.39 is 12.1 Å². The number of aliphatic carboxylic acids is 1. The molecule has 0 aromatic carbocycles. The zero-order chi connectivity index (χ0) is 14.4.